The molecule has 1 heterocycles. The van der Waals surface area contributed by atoms with E-state index >= 15 is 0 Å². The molecule has 0 bridgehead atoms. The molecule has 0 aliphatic carbocycles. The van der Waals surface area contributed by atoms with Gasteiger partial charge in [-0.3, -0.25) is 0 Å². The number of aromatic nitrogens is 3. The molecule has 16 heavy (non-hydrogen) atoms. The van der Waals surface area contributed by atoms with E-state index in [-0.39, 0.29) is 0 Å². The normalized spacial score (nSPS) is 10.8. The van der Waals surface area contributed by atoms with Crippen LogP contribution in [0.2, 0.25) is 5.02 Å². The predicted octanol–water partition coefficient (Wildman–Crippen LogP) is 1.90. The third-order valence-electron chi connectivity index (χ3n) is 2.66. The van der Waals surface area contributed by atoms with Crippen LogP contribution in [0.15, 0.2) is 18.2 Å². The molecule has 2 rings (SSSR count). The molecule has 1 aromatic carbocycles. The molecule has 0 fully saturated rings. The maximum atomic E-state index is 6.07. The number of nitrogens with zero attached hydrogens (tertiary/aromatic N) is 3. The Morgan fingerprint density at radius 1 is 1.38 bits per heavy atom. The maximum Gasteiger partial charge on any atom is 0.164 e. The van der Waals surface area contributed by atoms with Gasteiger partial charge in [-0.1, -0.05) is 23.7 Å². The Morgan fingerprint density at radius 2 is 2.12 bits per heavy atom. The van der Waals surface area contributed by atoms with Crippen molar-refractivity contribution in [2.75, 3.05) is 0 Å². The quantitative estimate of drug-likeness (QED) is 0.867. The van der Waals surface area contributed by atoms with E-state index in [1.54, 1.807) is 0 Å². The highest BCUT2D eigenvalue weighted by atomic mass is 35.5. The Balaban J connectivity index is 2.59. The van der Waals surface area contributed by atoms with Gasteiger partial charge in [0.25, 0.3) is 0 Å². The smallest absolute Gasteiger partial charge is 0.164 e. The molecule has 5 heteroatoms. The van der Waals surface area contributed by atoms with Crippen LogP contribution in [-0.2, 0) is 13.6 Å². The number of benzene rings is 1. The van der Waals surface area contributed by atoms with E-state index in [4.69, 9.17) is 17.3 Å². The number of halogens is 1. The topological polar surface area (TPSA) is 56.7 Å². The summed E-state index contributed by atoms with van der Waals surface area (Å²) in [7, 11) is 1.90. The minimum Gasteiger partial charge on any atom is -0.324 e. The van der Waals surface area contributed by atoms with Crippen LogP contribution in [0.3, 0.4) is 0 Å². The first-order valence-corrected chi connectivity index (χ1v) is 5.36. The molecule has 0 aliphatic heterocycles. The second-order valence-electron chi connectivity index (χ2n) is 3.62. The van der Waals surface area contributed by atoms with Gasteiger partial charge >= 0.3 is 0 Å². The van der Waals surface area contributed by atoms with Crippen molar-refractivity contribution in [3.05, 3.63) is 34.6 Å². The molecule has 0 aliphatic rings. The van der Waals surface area contributed by atoms with Crippen molar-refractivity contribution < 1.29 is 0 Å². The molecule has 0 radical (unpaired) electrons. The van der Waals surface area contributed by atoms with Crippen molar-refractivity contribution in [1.82, 2.24) is 14.8 Å². The molecule has 84 valence electrons. The summed E-state index contributed by atoms with van der Waals surface area (Å²) in [5.41, 5.74) is 7.55. The largest absolute Gasteiger partial charge is 0.324 e. The SMILES string of the molecule is Cc1c(Cl)cccc1-c1nnc(CN)n1C. The highest BCUT2D eigenvalue weighted by molar-refractivity contribution is 6.31. The van der Waals surface area contributed by atoms with Gasteiger partial charge in [0.15, 0.2) is 5.82 Å². The predicted molar refractivity (Wildman–Crippen MR) is 64.1 cm³/mol. The number of nitrogens with two attached hydrogens (primary N) is 1. The van der Waals surface area contributed by atoms with E-state index in [0.29, 0.717) is 6.54 Å². The zero-order valence-corrected chi connectivity index (χ0v) is 9.99. The molecule has 0 amide bonds. The van der Waals surface area contributed by atoms with E-state index < -0.39 is 0 Å². The average molecular weight is 237 g/mol. The molecule has 2 N–H and O–H groups in total. The van der Waals surface area contributed by atoms with Crippen LogP contribution in [-0.4, -0.2) is 14.8 Å². The number of hydrogen-bond donors (Lipinski definition) is 1. The molecule has 0 saturated heterocycles. The lowest BCUT2D eigenvalue weighted by molar-refractivity contribution is 0.796. The fourth-order valence-corrected chi connectivity index (χ4v) is 1.80. The Morgan fingerprint density at radius 3 is 2.75 bits per heavy atom. The van der Waals surface area contributed by atoms with Gasteiger partial charge < -0.3 is 10.3 Å². The summed E-state index contributed by atoms with van der Waals surface area (Å²) in [5.74, 6) is 1.55. The lowest BCUT2D eigenvalue weighted by Gasteiger charge is -2.07. The van der Waals surface area contributed by atoms with Crippen LogP contribution >= 0.6 is 11.6 Å². The number of rotatable bonds is 2. The van der Waals surface area contributed by atoms with Gasteiger partial charge in [-0.25, -0.2) is 0 Å². The summed E-state index contributed by atoms with van der Waals surface area (Å²) >= 11 is 6.07. The monoisotopic (exact) mass is 236 g/mol. The minimum absolute atomic E-state index is 0.378. The van der Waals surface area contributed by atoms with E-state index in [2.05, 4.69) is 10.2 Å². The first-order valence-electron chi connectivity index (χ1n) is 4.99. The highest BCUT2D eigenvalue weighted by Gasteiger charge is 2.12. The summed E-state index contributed by atoms with van der Waals surface area (Å²) in [6.07, 6.45) is 0. The van der Waals surface area contributed by atoms with Crippen molar-refractivity contribution in [3.63, 3.8) is 0 Å². The zero-order chi connectivity index (χ0) is 11.7. The van der Waals surface area contributed by atoms with Crippen molar-refractivity contribution >= 4 is 11.6 Å². The van der Waals surface area contributed by atoms with Gasteiger partial charge in [-0.05, 0) is 18.6 Å². The van der Waals surface area contributed by atoms with Gasteiger partial charge in [-0.2, -0.15) is 0 Å². The zero-order valence-electron chi connectivity index (χ0n) is 9.24. The summed E-state index contributed by atoms with van der Waals surface area (Å²) < 4.78 is 1.89. The Kier molecular flexibility index (Phi) is 2.94. The van der Waals surface area contributed by atoms with Gasteiger partial charge in [0.1, 0.15) is 5.82 Å². The molecule has 1 aromatic heterocycles. The van der Waals surface area contributed by atoms with Gasteiger partial charge in [-0.15, -0.1) is 10.2 Å². The van der Waals surface area contributed by atoms with Crippen LogP contribution in [0.25, 0.3) is 11.4 Å². The van der Waals surface area contributed by atoms with E-state index in [9.17, 15) is 0 Å². The first-order chi connectivity index (χ1) is 7.65. The van der Waals surface area contributed by atoms with Crippen molar-refractivity contribution in [2.24, 2.45) is 12.8 Å². The fraction of sp³-hybridized carbons (Fsp3) is 0.273. The third-order valence-corrected chi connectivity index (χ3v) is 3.07. The number of hydrogen-bond acceptors (Lipinski definition) is 3. The van der Waals surface area contributed by atoms with Gasteiger partial charge in [0, 0.05) is 17.6 Å². The van der Waals surface area contributed by atoms with Crippen LogP contribution in [0.4, 0.5) is 0 Å². The lowest BCUT2D eigenvalue weighted by atomic mass is 10.1. The Bertz CT molecular complexity index is 519. The first kappa shape index (κ1) is 11.1. The second kappa shape index (κ2) is 4.23. The van der Waals surface area contributed by atoms with Crippen LogP contribution in [0.1, 0.15) is 11.4 Å². The molecular formula is C11H13ClN4. The summed E-state index contributed by atoms with van der Waals surface area (Å²) in [4.78, 5) is 0. The summed E-state index contributed by atoms with van der Waals surface area (Å²) in [5, 5.41) is 8.89. The van der Waals surface area contributed by atoms with E-state index in [1.165, 1.54) is 0 Å². The lowest BCUT2D eigenvalue weighted by Crippen LogP contribution is -2.05. The Hall–Kier alpha value is -1.39. The molecule has 0 saturated carbocycles. The minimum atomic E-state index is 0.378. The van der Waals surface area contributed by atoms with Crippen molar-refractivity contribution in [1.29, 1.82) is 0 Å². The van der Waals surface area contributed by atoms with Gasteiger partial charge in [0.05, 0.1) is 6.54 Å². The highest BCUT2D eigenvalue weighted by Crippen LogP contribution is 2.26. The molecule has 0 atom stereocenters. The van der Waals surface area contributed by atoms with Crippen molar-refractivity contribution in [2.45, 2.75) is 13.5 Å². The standard InChI is InChI=1S/C11H13ClN4/c1-7-8(4-3-5-9(7)12)11-15-14-10(6-13)16(11)2/h3-5H,6,13H2,1-2H3. The third kappa shape index (κ3) is 1.70. The van der Waals surface area contributed by atoms with E-state index in [0.717, 1.165) is 27.8 Å². The van der Waals surface area contributed by atoms with E-state index in [1.807, 2.05) is 36.7 Å². The summed E-state index contributed by atoms with van der Waals surface area (Å²) in [6.45, 7) is 2.34. The van der Waals surface area contributed by atoms with Gasteiger partial charge in [0.2, 0.25) is 0 Å². The average Bonchev–Trinajstić information content (AvgIpc) is 2.64. The molecule has 2 aromatic rings. The molecule has 0 unspecified atom stereocenters. The second-order valence-corrected chi connectivity index (χ2v) is 4.02. The fourth-order valence-electron chi connectivity index (χ4n) is 1.62. The maximum absolute atomic E-state index is 6.07. The molecule has 0 spiro atoms. The molecular weight excluding hydrogens is 224 g/mol. The van der Waals surface area contributed by atoms with Crippen LogP contribution in [0.5, 0.6) is 0 Å². The Labute approximate surface area is 99.1 Å². The van der Waals surface area contributed by atoms with Crippen LogP contribution < -0.4 is 5.73 Å². The van der Waals surface area contributed by atoms with Crippen LogP contribution in [0, 0.1) is 6.92 Å². The molecule has 4 nitrogen and oxygen atoms in total. The van der Waals surface area contributed by atoms with Crippen molar-refractivity contribution in [3.8, 4) is 11.4 Å². The summed E-state index contributed by atoms with van der Waals surface area (Å²) in [6, 6.07) is 5.74.